The predicted molar refractivity (Wildman–Crippen MR) is 95.9 cm³/mol. The van der Waals surface area contributed by atoms with Gasteiger partial charge in [0.2, 0.25) is 5.13 Å². The Morgan fingerprint density at radius 1 is 1.14 bits per heavy atom. The molecular weight excluding hydrogens is 415 g/mol. The number of pyridine rings is 2. The molecule has 0 radical (unpaired) electrons. The van der Waals surface area contributed by atoms with Crippen molar-refractivity contribution in [3.05, 3.63) is 36.8 Å². The Morgan fingerprint density at radius 2 is 1.96 bits per heavy atom. The van der Waals surface area contributed by atoms with Gasteiger partial charge in [0.1, 0.15) is 5.82 Å². The van der Waals surface area contributed by atoms with Crippen LogP contribution in [0.15, 0.2) is 41.1 Å². The monoisotopic (exact) mass is 424 g/mol. The molecule has 4 rings (SSSR count). The molecule has 28 heavy (non-hydrogen) atoms. The van der Waals surface area contributed by atoms with Crippen LogP contribution in [0.1, 0.15) is 0 Å². The van der Waals surface area contributed by atoms with Crippen molar-refractivity contribution in [1.82, 2.24) is 29.9 Å². The van der Waals surface area contributed by atoms with E-state index in [1.54, 1.807) is 24.4 Å². The summed E-state index contributed by atoms with van der Waals surface area (Å²) in [4.78, 5) is 19.9. The van der Waals surface area contributed by atoms with Crippen molar-refractivity contribution in [1.29, 1.82) is 0 Å². The first-order valence-electron chi connectivity index (χ1n) is 7.31. The summed E-state index contributed by atoms with van der Waals surface area (Å²) in [7, 11) is -2.43. The Labute approximate surface area is 185 Å². The first-order chi connectivity index (χ1) is 13.0. The molecule has 0 aromatic carbocycles. The largest absolute Gasteiger partial charge is 1.00 e. The van der Waals surface area contributed by atoms with Crippen molar-refractivity contribution < 1.29 is 42.8 Å². The van der Waals surface area contributed by atoms with Crippen molar-refractivity contribution in [3.8, 4) is 11.1 Å². The maximum Gasteiger partial charge on any atom is 1.00 e. The van der Waals surface area contributed by atoms with Crippen LogP contribution in [0.25, 0.3) is 22.2 Å². The number of fused-ring (bicyclic) bond motifs is 1. The van der Waals surface area contributed by atoms with Crippen molar-refractivity contribution in [3.63, 3.8) is 0 Å². The predicted octanol–water partition coefficient (Wildman–Crippen LogP) is -1.31. The van der Waals surface area contributed by atoms with Crippen LogP contribution in [-0.2, 0) is 19.1 Å². The van der Waals surface area contributed by atoms with Crippen LogP contribution in [0.5, 0.6) is 0 Å². The first-order valence-corrected chi connectivity index (χ1v) is 9.20. The number of hydrogen-bond acceptors (Lipinski definition) is 11. The number of primary amides is 1. The number of aromatic nitrogens is 6. The molecule has 0 saturated carbocycles. The molecule has 0 fully saturated rings. The first kappa shape index (κ1) is 20.3. The molecule has 11 nitrogen and oxygen atoms in total. The van der Waals surface area contributed by atoms with Crippen LogP contribution in [0.2, 0.25) is 0 Å². The Hall–Kier alpha value is -2.45. The number of nitrogens with one attached hydrogen (secondary N) is 1. The number of carbonyl (C=O) groups is 1. The van der Waals surface area contributed by atoms with Crippen molar-refractivity contribution in [2.45, 2.75) is 4.34 Å². The normalized spacial score (nSPS) is 10.8. The fourth-order valence-corrected chi connectivity index (χ4v) is 3.36. The van der Waals surface area contributed by atoms with Gasteiger partial charge in [-0.3, -0.25) is 4.98 Å². The van der Waals surface area contributed by atoms with Crippen molar-refractivity contribution in [2.75, 3.05) is 5.32 Å². The number of carbonyl (C=O) groups excluding carboxylic acids is 1. The molecule has 0 aliphatic rings. The number of hydrogen-bond donors (Lipinski definition) is 2. The Kier molecular flexibility index (Phi) is 6.00. The van der Waals surface area contributed by atoms with E-state index < -0.39 is 16.7 Å². The molecule has 0 atom stereocenters. The van der Waals surface area contributed by atoms with Gasteiger partial charge in [-0.15, -0.1) is 5.10 Å². The van der Waals surface area contributed by atoms with Gasteiger partial charge in [0.05, 0.1) is 21.6 Å². The van der Waals surface area contributed by atoms with E-state index in [-0.39, 0.29) is 33.9 Å². The number of rotatable bonds is 4. The molecule has 4 heterocycles. The number of amides is 1. The molecule has 14 heteroatoms. The molecule has 1 amide bonds. The maximum atomic E-state index is 11.2. The number of anilines is 2. The van der Waals surface area contributed by atoms with E-state index in [1.165, 1.54) is 12.4 Å². The molecular formula is C14H9N8NaO3S2. The molecule has 4 aromatic heterocycles. The van der Waals surface area contributed by atoms with Crippen LogP contribution in [0, 0.1) is 0 Å². The van der Waals surface area contributed by atoms with E-state index >= 15 is 0 Å². The second kappa shape index (κ2) is 8.28. The summed E-state index contributed by atoms with van der Waals surface area (Å²) >= 11 is 0.890. The summed E-state index contributed by atoms with van der Waals surface area (Å²) in [5, 5.41) is 14.4. The molecule has 0 aliphatic heterocycles. The van der Waals surface area contributed by atoms with Gasteiger partial charge < -0.3 is 19.5 Å². The van der Waals surface area contributed by atoms with Gasteiger partial charge in [-0.1, -0.05) is 11.3 Å². The van der Waals surface area contributed by atoms with E-state index in [4.69, 9.17) is 5.73 Å². The third-order valence-corrected chi connectivity index (χ3v) is 5.12. The van der Waals surface area contributed by atoms with Crippen LogP contribution in [0.3, 0.4) is 0 Å². The van der Waals surface area contributed by atoms with Gasteiger partial charge in [-0.25, -0.2) is 9.78 Å². The van der Waals surface area contributed by atoms with Gasteiger partial charge in [-0.2, -0.15) is 14.9 Å². The minimum absolute atomic E-state index is 0. The Bertz CT molecular complexity index is 1240. The van der Waals surface area contributed by atoms with Crippen molar-refractivity contribution >= 4 is 50.1 Å². The quantitative estimate of drug-likeness (QED) is 0.299. The minimum atomic E-state index is -2.43. The van der Waals surface area contributed by atoms with Crippen LogP contribution in [0.4, 0.5) is 15.7 Å². The standard InChI is InChI=1S/C14H9N8O3S2.Na/c15-12(23)22-6-8(5-17-22)7-3-10-9(16-4-7)1-2-11(18-10)19-13-20-21-14(26-13)27(24)25;/h1-6H,(H2,15,23)(H,18,19,20);/q-1;+1. The van der Waals surface area contributed by atoms with E-state index in [1.807, 2.05) is 0 Å². The molecule has 136 valence electrons. The molecule has 0 spiro atoms. The maximum absolute atomic E-state index is 11.2. The second-order valence-corrected chi connectivity index (χ2v) is 7.30. The molecule has 0 aliphatic carbocycles. The van der Waals surface area contributed by atoms with Crippen LogP contribution in [-0.4, -0.2) is 36.0 Å². The zero-order valence-electron chi connectivity index (χ0n) is 14.3. The smallest absolute Gasteiger partial charge is 0.417 e. The molecule has 0 unspecified atom stereocenters. The van der Waals surface area contributed by atoms with Gasteiger partial charge in [-0.05, 0) is 28.9 Å². The number of nitrogens with zero attached hydrogens (tertiary/aromatic N) is 6. The fraction of sp³-hybridized carbons (Fsp3) is 0. The molecule has 0 bridgehead atoms. The molecule has 0 saturated heterocycles. The zero-order chi connectivity index (χ0) is 19.0. The van der Waals surface area contributed by atoms with E-state index in [9.17, 15) is 13.2 Å². The summed E-state index contributed by atoms with van der Waals surface area (Å²) in [6.45, 7) is 0. The van der Waals surface area contributed by atoms with Crippen LogP contribution >= 0.6 is 11.3 Å². The SMILES string of the molecule is NC(=O)n1cc(-c2cnc3ccc(Nc4nnc([S-](=O)=O)s4)nc3c2)cn1.[Na+]. The minimum Gasteiger partial charge on any atom is -0.417 e. The van der Waals surface area contributed by atoms with Crippen LogP contribution < -0.4 is 40.6 Å². The fourth-order valence-electron chi connectivity index (χ4n) is 2.26. The third kappa shape index (κ3) is 4.18. The van der Waals surface area contributed by atoms with E-state index in [2.05, 4.69) is 30.6 Å². The average Bonchev–Trinajstić information content (AvgIpc) is 3.31. The zero-order valence-corrected chi connectivity index (χ0v) is 17.9. The summed E-state index contributed by atoms with van der Waals surface area (Å²) < 4.78 is 22.7. The third-order valence-electron chi connectivity index (χ3n) is 3.46. The Morgan fingerprint density at radius 3 is 2.64 bits per heavy atom. The van der Waals surface area contributed by atoms with Gasteiger partial charge in [0.25, 0.3) is 0 Å². The van der Waals surface area contributed by atoms with Crippen molar-refractivity contribution in [2.24, 2.45) is 5.73 Å². The summed E-state index contributed by atoms with van der Waals surface area (Å²) in [5.41, 5.74) is 7.80. The van der Waals surface area contributed by atoms with Gasteiger partial charge in [0.15, 0.2) is 0 Å². The second-order valence-electron chi connectivity index (χ2n) is 5.20. The summed E-state index contributed by atoms with van der Waals surface area (Å²) in [6, 6.07) is 4.55. The summed E-state index contributed by atoms with van der Waals surface area (Å²) in [6.07, 6.45) is 4.64. The van der Waals surface area contributed by atoms with E-state index in [0.717, 1.165) is 16.0 Å². The van der Waals surface area contributed by atoms with Gasteiger partial charge >= 0.3 is 35.6 Å². The molecule has 4 aromatic rings. The average molecular weight is 424 g/mol. The summed E-state index contributed by atoms with van der Waals surface area (Å²) in [5.74, 6) is 0.452. The van der Waals surface area contributed by atoms with E-state index in [0.29, 0.717) is 33.1 Å². The Balaban J connectivity index is 0.00000225. The topological polar surface area (TPSA) is 159 Å². The molecule has 3 N–H and O–H groups in total. The van der Waals surface area contributed by atoms with Gasteiger partial charge in [0, 0.05) is 23.5 Å². The number of nitrogens with two attached hydrogens (primary N) is 1.